The number of nitrogens with zero attached hydrogens (tertiary/aromatic N) is 1. The summed E-state index contributed by atoms with van der Waals surface area (Å²) in [6.07, 6.45) is 6.07. The highest BCUT2D eigenvalue weighted by molar-refractivity contribution is 5.78. The smallest absolute Gasteiger partial charge is 0.315 e. The molecule has 0 bridgehead atoms. The number of hydrogen-bond acceptors (Lipinski definition) is 2. The van der Waals surface area contributed by atoms with Crippen molar-refractivity contribution in [3.05, 3.63) is 35.4 Å². The van der Waals surface area contributed by atoms with E-state index in [1.54, 1.807) is 4.90 Å². The molecule has 3 amide bonds. The molecule has 1 aliphatic carbocycles. The lowest BCUT2D eigenvalue weighted by atomic mass is 9.87. The van der Waals surface area contributed by atoms with Crippen LogP contribution < -0.4 is 10.6 Å². The van der Waals surface area contributed by atoms with Crippen molar-refractivity contribution in [1.82, 2.24) is 15.5 Å². The second-order valence-electron chi connectivity index (χ2n) is 8.68. The molecule has 2 N–H and O–H groups in total. The van der Waals surface area contributed by atoms with Crippen LogP contribution >= 0.6 is 0 Å². The van der Waals surface area contributed by atoms with Crippen molar-refractivity contribution < 1.29 is 9.59 Å². The number of hydrogen-bond donors (Lipinski definition) is 2. The number of urea groups is 1. The Bertz CT molecular complexity index is 613. The summed E-state index contributed by atoms with van der Waals surface area (Å²) in [5, 5.41) is 5.81. The van der Waals surface area contributed by atoms with Gasteiger partial charge in [-0.05, 0) is 29.4 Å². The predicted molar refractivity (Wildman–Crippen MR) is 110 cm³/mol. The number of nitrogens with one attached hydrogen (secondary N) is 2. The summed E-state index contributed by atoms with van der Waals surface area (Å²) in [6.45, 7) is 7.52. The Labute approximate surface area is 163 Å². The Hall–Kier alpha value is -2.04. The normalized spacial score (nSPS) is 15.3. The fourth-order valence-corrected chi connectivity index (χ4v) is 3.43. The first kappa shape index (κ1) is 21.3. The van der Waals surface area contributed by atoms with Gasteiger partial charge in [0.15, 0.2) is 0 Å². The third kappa shape index (κ3) is 7.24. The summed E-state index contributed by atoms with van der Waals surface area (Å²) in [5.41, 5.74) is 2.53. The van der Waals surface area contributed by atoms with Gasteiger partial charge in [-0.2, -0.15) is 0 Å². The average Bonchev–Trinajstić information content (AvgIpc) is 2.62. The van der Waals surface area contributed by atoms with Crippen molar-refractivity contribution in [2.45, 2.75) is 77.3 Å². The van der Waals surface area contributed by atoms with Gasteiger partial charge in [-0.15, -0.1) is 0 Å². The minimum atomic E-state index is -0.157. The molecule has 1 aliphatic rings. The maximum absolute atomic E-state index is 12.3. The molecule has 0 heterocycles. The average molecular weight is 374 g/mol. The summed E-state index contributed by atoms with van der Waals surface area (Å²) in [5.74, 6) is 0.0351. The number of carbonyl (C=O) groups is 2. The van der Waals surface area contributed by atoms with Crippen LogP contribution in [0.15, 0.2) is 24.3 Å². The first-order chi connectivity index (χ1) is 12.8. The van der Waals surface area contributed by atoms with Gasteiger partial charge in [0.25, 0.3) is 0 Å². The summed E-state index contributed by atoms with van der Waals surface area (Å²) >= 11 is 0. The van der Waals surface area contributed by atoms with Gasteiger partial charge in [-0.25, -0.2) is 4.79 Å². The highest BCUT2D eigenvalue weighted by Crippen LogP contribution is 2.22. The van der Waals surface area contributed by atoms with E-state index in [-0.39, 0.29) is 23.4 Å². The number of benzene rings is 1. The second-order valence-corrected chi connectivity index (χ2v) is 8.68. The third-order valence-electron chi connectivity index (χ3n) is 5.23. The molecule has 0 unspecified atom stereocenters. The van der Waals surface area contributed by atoms with Crippen molar-refractivity contribution in [2.24, 2.45) is 0 Å². The Kier molecular flexibility index (Phi) is 7.69. The largest absolute Gasteiger partial charge is 0.341 e. The van der Waals surface area contributed by atoms with E-state index in [4.69, 9.17) is 0 Å². The van der Waals surface area contributed by atoms with E-state index < -0.39 is 0 Å². The lowest BCUT2D eigenvalue weighted by Gasteiger charge is -2.23. The minimum absolute atomic E-state index is 0.0351. The zero-order valence-electron chi connectivity index (χ0n) is 17.3. The van der Waals surface area contributed by atoms with E-state index >= 15 is 0 Å². The van der Waals surface area contributed by atoms with Gasteiger partial charge in [0.1, 0.15) is 0 Å². The molecule has 0 saturated heterocycles. The van der Waals surface area contributed by atoms with Crippen molar-refractivity contribution in [3.63, 3.8) is 0 Å². The van der Waals surface area contributed by atoms with Gasteiger partial charge in [-0.3, -0.25) is 4.79 Å². The molecule has 5 heteroatoms. The first-order valence-electron chi connectivity index (χ1n) is 10.1. The van der Waals surface area contributed by atoms with Gasteiger partial charge in [0, 0.05) is 32.6 Å². The van der Waals surface area contributed by atoms with Gasteiger partial charge in [0.2, 0.25) is 5.91 Å². The van der Waals surface area contributed by atoms with Gasteiger partial charge >= 0.3 is 6.03 Å². The van der Waals surface area contributed by atoms with E-state index in [0.717, 1.165) is 18.4 Å². The molecule has 1 fully saturated rings. The topological polar surface area (TPSA) is 61.4 Å². The van der Waals surface area contributed by atoms with Crippen LogP contribution in [-0.2, 0) is 16.8 Å². The lowest BCUT2D eigenvalue weighted by Crippen LogP contribution is -2.43. The molecule has 27 heavy (non-hydrogen) atoms. The Morgan fingerprint density at radius 1 is 1.07 bits per heavy atom. The fourth-order valence-electron chi connectivity index (χ4n) is 3.43. The number of rotatable bonds is 6. The molecule has 2 rings (SSSR count). The Morgan fingerprint density at radius 2 is 1.70 bits per heavy atom. The highest BCUT2D eigenvalue weighted by Gasteiger charge is 2.16. The zero-order chi connectivity index (χ0) is 19.9. The van der Waals surface area contributed by atoms with E-state index in [1.165, 1.54) is 24.8 Å². The minimum Gasteiger partial charge on any atom is -0.341 e. The standard InChI is InChI=1S/C22H35N3O2/c1-22(2,3)18-12-10-17(11-13-18)16-25(4)20(26)14-15-23-21(27)24-19-8-6-5-7-9-19/h10-13,19H,5-9,14-16H2,1-4H3,(H2,23,24,27). The molecule has 0 radical (unpaired) electrons. The van der Waals surface area contributed by atoms with Crippen LogP contribution in [0, 0.1) is 0 Å². The quantitative estimate of drug-likeness (QED) is 0.793. The summed E-state index contributed by atoms with van der Waals surface area (Å²) in [6, 6.07) is 8.55. The van der Waals surface area contributed by atoms with Crippen LogP contribution in [0.4, 0.5) is 4.79 Å². The van der Waals surface area contributed by atoms with E-state index in [1.807, 2.05) is 7.05 Å². The Balaban J connectivity index is 1.69. The molecule has 1 saturated carbocycles. The molecule has 1 aromatic rings. The van der Waals surface area contributed by atoms with Gasteiger partial charge < -0.3 is 15.5 Å². The van der Waals surface area contributed by atoms with E-state index in [2.05, 4.69) is 55.7 Å². The van der Waals surface area contributed by atoms with Gasteiger partial charge in [0.05, 0.1) is 0 Å². The first-order valence-corrected chi connectivity index (χ1v) is 10.1. The van der Waals surface area contributed by atoms with E-state index in [9.17, 15) is 9.59 Å². The highest BCUT2D eigenvalue weighted by atomic mass is 16.2. The van der Waals surface area contributed by atoms with Crippen LogP contribution in [0.5, 0.6) is 0 Å². The summed E-state index contributed by atoms with van der Waals surface area (Å²) in [4.78, 5) is 25.9. The van der Waals surface area contributed by atoms with Crippen molar-refractivity contribution in [2.75, 3.05) is 13.6 Å². The number of carbonyl (C=O) groups excluding carboxylic acids is 2. The van der Waals surface area contributed by atoms with Crippen molar-refractivity contribution >= 4 is 11.9 Å². The Morgan fingerprint density at radius 3 is 2.30 bits per heavy atom. The van der Waals surface area contributed by atoms with Crippen LogP contribution in [0.1, 0.15) is 70.4 Å². The molecule has 0 aromatic heterocycles. The molecule has 150 valence electrons. The molecule has 0 spiro atoms. The molecular formula is C22H35N3O2. The maximum Gasteiger partial charge on any atom is 0.315 e. The summed E-state index contributed by atoms with van der Waals surface area (Å²) < 4.78 is 0. The monoisotopic (exact) mass is 373 g/mol. The van der Waals surface area contributed by atoms with Crippen LogP contribution in [0.25, 0.3) is 0 Å². The van der Waals surface area contributed by atoms with Crippen molar-refractivity contribution in [3.8, 4) is 0 Å². The lowest BCUT2D eigenvalue weighted by molar-refractivity contribution is -0.130. The molecule has 0 aliphatic heterocycles. The fraction of sp³-hybridized carbons (Fsp3) is 0.636. The zero-order valence-corrected chi connectivity index (χ0v) is 17.3. The molecule has 0 atom stereocenters. The molecule has 5 nitrogen and oxygen atoms in total. The number of amides is 3. The maximum atomic E-state index is 12.3. The SMILES string of the molecule is CN(Cc1ccc(C(C)(C)C)cc1)C(=O)CCNC(=O)NC1CCCCC1. The predicted octanol–water partition coefficient (Wildman–Crippen LogP) is 3.96. The van der Waals surface area contributed by atoms with E-state index in [0.29, 0.717) is 19.5 Å². The van der Waals surface area contributed by atoms with Gasteiger partial charge in [-0.1, -0.05) is 64.3 Å². The molecular weight excluding hydrogens is 338 g/mol. The van der Waals surface area contributed by atoms with Crippen LogP contribution in [0.3, 0.4) is 0 Å². The summed E-state index contributed by atoms with van der Waals surface area (Å²) in [7, 11) is 1.81. The van der Waals surface area contributed by atoms with Crippen molar-refractivity contribution in [1.29, 1.82) is 0 Å². The van der Waals surface area contributed by atoms with Crippen LogP contribution in [-0.4, -0.2) is 36.5 Å². The third-order valence-corrected chi connectivity index (χ3v) is 5.23. The second kappa shape index (κ2) is 9.77. The molecule has 1 aromatic carbocycles. The van der Waals surface area contributed by atoms with Crippen LogP contribution in [0.2, 0.25) is 0 Å².